The van der Waals surface area contributed by atoms with Crippen molar-refractivity contribution in [3.63, 3.8) is 0 Å². The monoisotopic (exact) mass is 745 g/mol. The number of hydrogen-bond acceptors (Lipinski definition) is 8. The first kappa shape index (κ1) is 33.7. The molecule has 1 fully saturated rings. The summed E-state index contributed by atoms with van der Waals surface area (Å²) in [4.78, 5) is 57.8. The third kappa shape index (κ3) is 6.34. The van der Waals surface area contributed by atoms with Crippen molar-refractivity contribution in [2.24, 2.45) is 14.1 Å². The molecule has 0 unspecified atom stereocenters. The fourth-order valence-corrected chi connectivity index (χ4v) is 6.81. The SMILES string of the molecule is COc1cc(/C=C2\SC(=O)N(Cc3ccc(Cl)cc3Cl)C2=O)ccc1Oc1nc2c(c(=O)n(C)c(=O)n2C)n1Cc1ccc(Cl)cc1Cl. The highest BCUT2D eigenvalue weighted by atomic mass is 35.5. The number of halogens is 4. The molecule has 0 N–H and O–H groups in total. The second kappa shape index (κ2) is 13.4. The number of carbonyl (C=O) groups is 2. The Morgan fingerprint density at radius 3 is 2.08 bits per heavy atom. The maximum Gasteiger partial charge on any atom is 0.332 e. The molecule has 0 spiro atoms. The Morgan fingerprint density at radius 2 is 1.46 bits per heavy atom. The lowest BCUT2D eigenvalue weighted by Crippen LogP contribution is -2.37. The average molecular weight is 747 g/mol. The zero-order valence-corrected chi connectivity index (χ0v) is 29.1. The van der Waals surface area contributed by atoms with Gasteiger partial charge in [-0.05, 0) is 70.9 Å². The fraction of sp³-hybridized carbons (Fsp3) is 0.156. The van der Waals surface area contributed by atoms with Crippen molar-refractivity contribution >= 4 is 86.6 Å². The van der Waals surface area contributed by atoms with Crippen LogP contribution in [0.5, 0.6) is 17.5 Å². The van der Waals surface area contributed by atoms with Gasteiger partial charge in [0, 0.05) is 34.2 Å². The van der Waals surface area contributed by atoms with Gasteiger partial charge in [0.1, 0.15) is 0 Å². The summed E-state index contributed by atoms with van der Waals surface area (Å²) >= 11 is 25.6. The summed E-state index contributed by atoms with van der Waals surface area (Å²) in [6.45, 7) is 0.0535. The van der Waals surface area contributed by atoms with Crippen molar-refractivity contribution < 1.29 is 19.1 Å². The zero-order valence-electron chi connectivity index (χ0n) is 25.3. The molecule has 3 heterocycles. The standard InChI is InChI=1S/C32H23Cl4N5O6S/c1-38-27-26(29(43)39(2)31(38)44)40(14-17-5-7-19(33)12-21(17)35)30(37-27)47-23-9-4-16(10-24(23)46-3)11-25-28(42)41(32(45)48-25)15-18-6-8-20(34)13-22(18)36/h4-13H,14-15H2,1-3H3/b25-11-. The molecule has 2 aromatic heterocycles. The Hall–Kier alpha value is -4.20. The Morgan fingerprint density at radius 1 is 0.812 bits per heavy atom. The van der Waals surface area contributed by atoms with Crippen molar-refractivity contribution in [1.29, 1.82) is 0 Å². The Bertz CT molecular complexity index is 2320. The summed E-state index contributed by atoms with van der Waals surface area (Å²) in [6.07, 6.45) is 1.57. The smallest absolute Gasteiger partial charge is 0.332 e. The van der Waals surface area contributed by atoms with Crippen LogP contribution in [-0.4, -0.2) is 41.8 Å². The molecule has 0 atom stereocenters. The minimum absolute atomic E-state index is 0.00889. The van der Waals surface area contributed by atoms with E-state index in [1.54, 1.807) is 60.7 Å². The summed E-state index contributed by atoms with van der Waals surface area (Å²) in [5.41, 5.74) is 0.838. The predicted molar refractivity (Wildman–Crippen MR) is 187 cm³/mol. The van der Waals surface area contributed by atoms with Gasteiger partial charge in [-0.1, -0.05) is 64.6 Å². The van der Waals surface area contributed by atoms with Gasteiger partial charge < -0.3 is 9.47 Å². The minimum atomic E-state index is -0.574. The highest BCUT2D eigenvalue weighted by molar-refractivity contribution is 8.18. The molecule has 246 valence electrons. The molecule has 48 heavy (non-hydrogen) atoms. The summed E-state index contributed by atoms with van der Waals surface area (Å²) < 4.78 is 15.6. The number of amides is 2. The number of hydrogen-bond donors (Lipinski definition) is 0. The maximum absolute atomic E-state index is 13.3. The second-order valence-electron chi connectivity index (χ2n) is 10.6. The number of carbonyl (C=O) groups excluding carboxylic acids is 2. The summed E-state index contributed by atoms with van der Waals surface area (Å²) in [5, 5.41) is 1.15. The van der Waals surface area contributed by atoms with Crippen molar-refractivity contribution in [2.45, 2.75) is 13.1 Å². The number of benzene rings is 3. The molecule has 2 amide bonds. The van der Waals surface area contributed by atoms with Gasteiger partial charge in [0.15, 0.2) is 22.7 Å². The largest absolute Gasteiger partial charge is 0.493 e. The number of rotatable bonds is 8. The van der Waals surface area contributed by atoms with Crippen LogP contribution in [0.3, 0.4) is 0 Å². The van der Waals surface area contributed by atoms with Crippen LogP contribution in [-0.2, 0) is 32.0 Å². The molecule has 5 aromatic rings. The summed E-state index contributed by atoms with van der Waals surface area (Å²) in [5.74, 6) is 0.0126. The van der Waals surface area contributed by atoms with E-state index < -0.39 is 22.4 Å². The van der Waals surface area contributed by atoms with E-state index in [0.717, 1.165) is 21.2 Å². The number of imide groups is 1. The third-order valence-corrected chi connectivity index (χ3v) is 9.64. The Kier molecular flexibility index (Phi) is 9.38. The highest BCUT2D eigenvalue weighted by Crippen LogP contribution is 2.38. The molecular formula is C32H23Cl4N5O6S. The van der Waals surface area contributed by atoms with Crippen molar-refractivity contribution in [3.05, 3.63) is 117 Å². The number of methoxy groups -OCH3 is 1. The van der Waals surface area contributed by atoms with Crippen LogP contribution in [0, 0.1) is 0 Å². The third-order valence-electron chi connectivity index (χ3n) is 7.56. The van der Waals surface area contributed by atoms with E-state index in [0.29, 0.717) is 36.8 Å². The molecule has 0 aliphatic carbocycles. The van der Waals surface area contributed by atoms with Gasteiger partial charge >= 0.3 is 11.7 Å². The summed E-state index contributed by atoms with van der Waals surface area (Å²) in [7, 11) is 4.31. The first-order chi connectivity index (χ1) is 22.9. The molecule has 1 saturated heterocycles. The van der Waals surface area contributed by atoms with Gasteiger partial charge in [-0.15, -0.1) is 0 Å². The highest BCUT2D eigenvalue weighted by Gasteiger charge is 2.35. The Labute approximate surface area is 296 Å². The molecule has 6 rings (SSSR count). The molecular weight excluding hydrogens is 724 g/mol. The maximum atomic E-state index is 13.3. The molecule has 1 aliphatic heterocycles. The first-order valence-electron chi connectivity index (χ1n) is 14.0. The quantitative estimate of drug-likeness (QED) is 0.154. The average Bonchev–Trinajstić information content (AvgIpc) is 3.53. The van der Waals surface area contributed by atoms with Crippen LogP contribution in [0.2, 0.25) is 20.1 Å². The van der Waals surface area contributed by atoms with E-state index >= 15 is 0 Å². The molecule has 16 heteroatoms. The van der Waals surface area contributed by atoms with Crippen LogP contribution >= 0.6 is 58.2 Å². The first-order valence-corrected chi connectivity index (χ1v) is 16.3. The zero-order chi connectivity index (χ0) is 34.4. The van der Waals surface area contributed by atoms with Crippen LogP contribution in [0.25, 0.3) is 17.2 Å². The minimum Gasteiger partial charge on any atom is -0.493 e. The van der Waals surface area contributed by atoms with Crippen LogP contribution in [0.4, 0.5) is 4.79 Å². The number of fused-ring (bicyclic) bond motifs is 1. The Balaban J connectivity index is 1.34. The van der Waals surface area contributed by atoms with E-state index in [1.165, 1.54) is 30.3 Å². The fourth-order valence-electron chi connectivity index (χ4n) is 5.04. The molecule has 11 nitrogen and oxygen atoms in total. The number of aromatic nitrogens is 4. The number of aryl methyl sites for hydroxylation is 1. The van der Waals surface area contributed by atoms with Crippen molar-refractivity contribution in [3.8, 4) is 17.5 Å². The van der Waals surface area contributed by atoms with E-state index in [4.69, 9.17) is 55.9 Å². The summed E-state index contributed by atoms with van der Waals surface area (Å²) in [6, 6.07) is 14.7. The van der Waals surface area contributed by atoms with Gasteiger partial charge in [0.25, 0.3) is 16.7 Å². The van der Waals surface area contributed by atoms with E-state index in [2.05, 4.69) is 4.98 Å². The predicted octanol–water partition coefficient (Wildman–Crippen LogP) is 7.13. The lowest BCUT2D eigenvalue weighted by molar-refractivity contribution is -0.123. The number of nitrogens with zero attached hydrogens (tertiary/aromatic N) is 5. The van der Waals surface area contributed by atoms with E-state index in [-0.39, 0.29) is 46.7 Å². The lowest BCUT2D eigenvalue weighted by atomic mass is 10.1. The number of ether oxygens (including phenoxy) is 2. The van der Waals surface area contributed by atoms with Gasteiger partial charge in [0.2, 0.25) is 0 Å². The topological polar surface area (TPSA) is 118 Å². The molecule has 0 saturated carbocycles. The van der Waals surface area contributed by atoms with Gasteiger partial charge in [-0.2, -0.15) is 4.98 Å². The van der Waals surface area contributed by atoms with Crippen LogP contribution in [0.15, 0.2) is 69.1 Å². The van der Waals surface area contributed by atoms with Crippen LogP contribution < -0.4 is 20.7 Å². The van der Waals surface area contributed by atoms with Crippen molar-refractivity contribution in [1.82, 2.24) is 23.6 Å². The van der Waals surface area contributed by atoms with Gasteiger partial charge in [-0.25, -0.2) is 4.79 Å². The van der Waals surface area contributed by atoms with E-state index in [1.807, 2.05) is 0 Å². The number of imidazole rings is 1. The molecule has 0 radical (unpaired) electrons. The van der Waals surface area contributed by atoms with Gasteiger partial charge in [0.05, 0.1) is 25.1 Å². The molecule has 0 bridgehead atoms. The molecule has 1 aliphatic rings. The molecule has 3 aromatic carbocycles. The van der Waals surface area contributed by atoms with Crippen molar-refractivity contribution in [2.75, 3.05) is 7.11 Å². The number of thioether (sulfide) groups is 1. The second-order valence-corrected chi connectivity index (χ2v) is 13.3. The van der Waals surface area contributed by atoms with Crippen LogP contribution in [0.1, 0.15) is 16.7 Å². The normalized spacial score (nSPS) is 14.1. The van der Waals surface area contributed by atoms with Gasteiger partial charge in [-0.3, -0.25) is 33.0 Å². The lowest BCUT2D eigenvalue weighted by Gasteiger charge is -2.14. The van der Waals surface area contributed by atoms with E-state index in [9.17, 15) is 19.2 Å².